The molecule has 1 amide bonds. The number of nitrogens with one attached hydrogen (secondary N) is 1. The third-order valence-electron chi connectivity index (χ3n) is 4.60. The zero-order valence-electron chi connectivity index (χ0n) is 15.8. The lowest BCUT2D eigenvalue weighted by atomic mass is 10.1. The number of aromatic nitrogens is 3. The van der Waals surface area contributed by atoms with Crippen molar-refractivity contribution in [2.75, 3.05) is 19.6 Å². The van der Waals surface area contributed by atoms with Gasteiger partial charge in [-0.2, -0.15) is 8.78 Å². The Morgan fingerprint density at radius 3 is 2.68 bits per heavy atom. The summed E-state index contributed by atoms with van der Waals surface area (Å²) in [5.74, 6) is -0.0716. The minimum atomic E-state index is -2.87. The van der Waals surface area contributed by atoms with Crippen LogP contribution in [0.15, 0.2) is 24.3 Å². The SMILES string of the molecule is CCCN(C(=O)c1nnn(-c2ccc(OC(F)F)cc2)c1C)C1CCNC1.Cl. The van der Waals surface area contributed by atoms with E-state index in [-0.39, 0.29) is 30.1 Å². The number of benzene rings is 1. The van der Waals surface area contributed by atoms with E-state index < -0.39 is 6.61 Å². The molecule has 3 rings (SSSR count). The van der Waals surface area contributed by atoms with E-state index in [1.807, 2.05) is 11.8 Å². The Hall–Kier alpha value is -2.26. The van der Waals surface area contributed by atoms with Crippen molar-refractivity contribution in [3.8, 4) is 11.4 Å². The van der Waals surface area contributed by atoms with Crippen LogP contribution in [0.1, 0.15) is 35.9 Å². The fraction of sp³-hybridized carbons (Fsp3) is 0.500. The molecule has 28 heavy (non-hydrogen) atoms. The van der Waals surface area contributed by atoms with Crippen molar-refractivity contribution in [3.63, 3.8) is 0 Å². The Bertz CT molecular complexity index is 779. The summed E-state index contributed by atoms with van der Waals surface area (Å²) >= 11 is 0. The lowest BCUT2D eigenvalue weighted by Crippen LogP contribution is -2.42. The van der Waals surface area contributed by atoms with E-state index in [2.05, 4.69) is 20.4 Å². The average molecular weight is 416 g/mol. The first-order chi connectivity index (χ1) is 13.0. The minimum absolute atomic E-state index is 0. The van der Waals surface area contributed by atoms with Gasteiger partial charge in [-0.1, -0.05) is 12.1 Å². The third-order valence-corrected chi connectivity index (χ3v) is 4.60. The van der Waals surface area contributed by atoms with E-state index >= 15 is 0 Å². The number of rotatable bonds is 7. The highest BCUT2D eigenvalue weighted by molar-refractivity contribution is 5.93. The molecule has 0 radical (unpaired) electrons. The molecule has 1 aliphatic heterocycles. The molecule has 1 aliphatic rings. The van der Waals surface area contributed by atoms with Crippen molar-refractivity contribution in [2.24, 2.45) is 0 Å². The van der Waals surface area contributed by atoms with Gasteiger partial charge in [-0.3, -0.25) is 4.79 Å². The van der Waals surface area contributed by atoms with E-state index in [0.717, 1.165) is 25.9 Å². The summed E-state index contributed by atoms with van der Waals surface area (Å²) in [5, 5.41) is 11.5. The van der Waals surface area contributed by atoms with Crippen LogP contribution < -0.4 is 10.1 Å². The molecule has 0 bridgehead atoms. The predicted molar refractivity (Wildman–Crippen MR) is 103 cm³/mol. The summed E-state index contributed by atoms with van der Waals surface area (Å²) in [6.07, 6.45) is 1.78. The topological polar surface area (TPSA) is 72.3 Å². The van der Waals surface area contributed by atoms with E-state index in [0.29, 0.717) is 23.6 Å². The zero-order valence-corrected chi connectivity index (χ0v) is 16.6. The van der Waals surface area contributed by atoms with Crippen molar-refractivity contribution >= 4 is 18.3 Å². The van der Waals surface area contributed by atoms with Crippen LogP contribution in [-0.4, -0.2) is 58.1 Å². The maximum atomic E-state index is 13.0. The Labute approximate surface area is 168 Å². The van der Waals surface area contributed by atoms with Crippen molar-refractivity contribution in [1.29, 1.82) is 0 Å². The van der Waals surface area contributed by atoms with E-state index in [9.17, 15) is 13.6 Å². The van der Waals surface area contributed by atoms with Gasteiger partial charge in [0.05, 0.1) is 11.4 Å². The largest absolute Gasteiger partial charge is 0.435 e. The molecule has 1 aromatic heterocycles. The van der Waals surface area contributed by atoms with Gasteiger partial charge in [-0.25, -0.2) is 4.68 Å². The standard InChI is InChI=1S/C18H23F2N5O2.ClH/c1-3-10-24(14-8-9-21-11-14)17(26)16-12(2)25(23-22-16)13-4-6-15(7-5-13)27-18(19)20;/h4-7,14,18,21H,3,8-11H2,1-2H3;1H. The van der Waals surface area contributed by atoms with Crippen LogP contribution in [0.4, 0.5) is 8.78 Å². The quantitative estimate of drug-likeness (QED) is 0.752. The van der Waals surface area contributed by atoms with Gasteiger partial charge in [-0.05, 0) is 50.6 Å². The number of carbonyl (C=O) groups excluding carboxylic acids is 1. The molecule has 0 spiro atoms. The molecule has 2 aromatic rings. The van der Waals surface area contributed by atoms with Crippen LogP contribution >= 0.6 is 12.4 Å². The van der Waals surface area contributed by atoms with Crippen LogP contribution in [0.25, 0.3) is 5.69 Å². The molecule has 1 aromatic carbocycles. The van der Waals surface area contributed by atoms with Gasteiger partial charge in [0, 0.05) is 19.1 Å². The molecular weight excluding hydrogens is 392 g/mol. The number of hydrogen-bond donors (Lipinski definition) is 1. The summed E-state index contributed by atoms with van der Waals surface area (Å²) in [6, 6.07) is 6.21. The molecular formula is C18H24ClF2N5O2. The van der Waals surface area contributed by atoms with Crippen molar-refractivity contribution in [1.82, 2.24) is 25.2 Å². The summed E-state index contributed by atoms with van der Waals surface area (Å²) in [5.41, 5.74) is 1.53. The normalized spacial score (nSPS) is 16.1. The second-order valence-corrected chi connectivity index (χ2v) is 6.45. The maximum absolute atomic E-state index is 13.0. The first-order valence-electron chi connectivity index (χ1n) is 9.00. The van der Waals surface area contributed by atoms with Crippen LogP contribution in [0.3, 0.4) is 0 Å². The van der Waals surface area contributed by atoms with Gasteiger partial charge in [0.15, 0.2) is 5.69 Å². The van der Waals surface area contributed by atoms with Crippen LogP contribution in [0.2, 0.25) is 0 Å². The number of nitrogens with zero attached hydrogens (tertiary/aromatic N) is 4. The Kier molecular flexibility index (Phi) is 7.70. The first kappa shape index (κ1) is 22.0. The van der Waals surface area contributed by atoms with E-state index in [1.165, 1.54) is 16.8 Å². The van der Waals surface area contributed by atoms with Crippen molar-refractivity contribution < 1.29 is 18.3 Å². The molecule has 7 nitrogen and oxygen atoms in total. The Balaban J connectivity index is 0.00000280. The molecule has 1 N–H and O–H groups in total. The summed E-state index contributed by atoms with van der Waals surface area (Å²) in [7, 11) is 0. The van der Waals surface area contributed by atoms with Crippen LogP contribution in [0.5, 0.6) is 5.75 Å². The van der Waals surface area contributed by atoms with Crippen LogP contribution in [0, 0.1) is 6.92 Å². The second kappa shape index (κ2) is 9.79. The minimum Gasteiger partial charge on any atom is -0.435 e. The summed E-state index contributed by atoms with van der Waals surface area (Å²) < 4.78 is 30.4. The molecule has 1 saturated heterocycles. The molecule has 0 saturated carbocycles. The van der Waals surface area contributed by atoms with Gasteiger partial charge in [0.1, 0.15) is 5.75 Å². The number of alkyl halides is 2. The number of halogens is 3. The highest BCUT2D eigenvalue weighted by Crippen LogP contribution is 2.20. The molecule has 0 aliphatic carbocycles. The number of ether oxygens (including phenoxy) is 1. The van der Waals surface area contributed by atoms with Crippen molar-refractivity contribution in [3.05, 3.63) is 35.7 Å². The molecule has 1 unspecified atom stereocenters. The van der Waals surface area contributed by atoms with Gasteiger partial charge in [-0.15, -0.1) is 17.5 Å². The smallest absolute Gasteiger partial charge is 0.387 e. The lowest BCUT2D eigenvalue weighted by Gasteiger charge is -2.27. The highest BCUT2D eigenvalue weighted by Gasteiger charge is 2.30. The van der Waals surface area contributed by atoms with Gasteiger partial charge in [0.2, 0.25) is 0 Å². The molecule has 1 atom stereocenters. The fourth-order valence-corrected chi connectivity index (χ4v) is 3.27. The predicted octanol–water partition coefficient (Wildman–Crippen LogP) is 2.81. The molecule has 1 fully saturated rings. The maximum Gasteiger partial charge on any atom is 0.387 e. The third kappa shape index (κ3) is 4.77. The van der Waals surface area contributed by atoms with Crippen molar-refractivity contribution in [2.45, 2.75) is 39.3 Å². The van der Waals surface area contributed by atoms with E-state index in [4.69, 9.17) is 0 Å². The van der Waals surface area contributed by atoms with Crippen LogP contribution in [-0.2, 0) is 0 Å². The van der Waals surface area contributed by atoms with Gasteiger partial charge in [0.25, 0.3) is 5.91 Å². The number of hydrogen-bond acceptors (Lipinski definition) is 5. The average Bonchev–Trinajstić information content (AvgIpc) is 3.29. The number of amides is 1. The summed E-state index contributed by atoms with van der Waals surface area (Å²) in [4.78, 5) is 14.9. The fourth-order valence-electron chi connectivity index (χ4n) is 3.27. The Morgan fingerprint density at radius 2 is 2.11 bits per heavy atom. The molecule has 154 valence electrons. The van der Waals surface area contributed by atoms with Gasteiger partial charge < -0.3 is 15.0 Å². The first-order valence-corrected chi connectivity index (χ1v) is 9.00. The molecule has 2 heterocycles. The lowest BCUT2D eigenvalue weighted by molar-refractivity contribution is -0.0498. The van der Waals surface area contributed by atoms with Gasteiger partial charge >= 0.3 is 6.61 Å². The zero-order chi connectivity index (χ0) is 19.4. The highest BCUT2D eigenvalue weighted by atomic mass is 35.5. The monoisotopic (exact) mass is 415 g/mol. The Morgan fingerprint density at radius 1 is 1.39 bits per heavy atom. The second-order valence-electron chi connectivity index (χ2n) is 6.45. The number of carbonyl (C=O) groups is 1. The summed E-state index contributed by atoms with van der Waals surface area (Å²) in [6.45, 7) is 3.28. The van der Waals surface area contributed by atoms with E-state index in [1.54, 1.807) is 19.1 Å². The molecule has 10 heteroatoms.